The molecule has 1 aliphatic heterocycles. The molecule has 0 bridgehead atoms. The van der Waals surface area contributed by atoms with Gasteiger partial charge in [-0.15, -0.1) is 0 Å². The highest BCUT2D eigenvalue weighted by Gasteiger charge is 2.46. The monoisotopic (exact) mass is 513 g/mol. The smallest absolute Gasteiger partial charge is 0.393 e. The fourth-order valence-corrected chi connectivity index (χ4v) is 4.84. The number of fused-ring (bicyclic) bond motifs is 1. The van der Waals surface area contributed by atoms with Gasteiger partial charge in [0, 0.05) is 37.7 Å². The standard InChI is InChI=1S/C25H28F5N3O3/c1-14(34)33-20(9-15-3-4-18(26)19(27)8-15)22(35)13-31-21-11-24(5-2-6-24)36-23-17(21)7-16(12-32-23)10-25(28,29)30/h3-4,7-8,12,20-22,31,35H,2,5-6,9-11,13H2,1H3,(H,33,34)/t20-,21-,22-/m0/s1. The van der Waals surface area contributed by atoms with Gasteiger partial charge in [0.05, 0.1) is 18.6 Å². The topological polar surface area (TPSA) is 83.5 Å². The third-order valence-electron chi connectivity index (χ3n) is 6.74. The number of hydrogen-bond donors (Lipinski definition) is 3. The Bertz CT molecular complexity index is 1110. The summed E-state index contributed by atoms with van der Waals surface area (Å²) in [5.74, 6) is -2.17. The molecule has 1 aromatic heterocycles. The van der Waals surface area contributed by atoms with Gasteiger partial charge in [0.25, 0.3) is 0 Å². The number of hydrogen-bond acceptors (Lipinski definition) is 5. The van der Waals surface area contributed by atoms with Crippen molar-refractivity contribution in [3.8, 4) is 5.88 Å². The van der Waals surface area contributed by atoms with Crippen LogP contribution in [0.25, 0.3) is 0 Å². The van der Waals surface area contributed by atoms with Crippen molar-refractivity contribution < 1.29 is 36.6 Å². The minimum absolute atomic E-state index is 0.0104. The van der Waals surface area contributed by atoms with Crippen molar-refractivity contribution in [1.29, 1.82) is 0 Å². The second-order valence-corrected chi connectivity index (χ2v) is 9.66. The maximum absolute atomic E-state index is 13.6. The number of carbonyl (C=O) groups excluding carboxylic acids is 1. The normalized spacial score (nSPS) is 20.1. The second kappa shape index (κ2) is 10.3. The zero-order valence-corrected chi connectivity index (χ0v) is 19.7. The number of nitrogens with zero attached hydrogens (tertiary/aromatic N) is 1. The molecule has 2 heterocycles. The number of rotatable bonds is 8. The Morgan fingerprint density at radius 1 is 1.22 bits per heavy atom. The Hall–Kier alpha value is -2.79. The lowest BCUT2D eigenvalue weighted by Gasteiger charge is -2.47. The molecule has 3 N–H and O–H groups in total. The van der Waals surface area contributed by atoms with Crippen molar-refractivity contribution in [1.82, 2.24) is 15.6 Å². The first kappa shape index (κ1) is 26.3. The summed E-state index contributed by atoms with van der Waals surface area (Å²) in [6.07, 6.45) is -2.36. The Morgan fingerprint density at radius 3 is 2.58 bits per heavy atom. The molecule has 1 saturated carbocycles. The summed E-state index contributed by atoms with van der Waals surface area (Å²) in [7, 11) is 0. The van der Waals surface area contributed by atoms with Gasteiger partial charge < -0.3 is 20.5 Å². The fraction of sp³-hybridized carbons (Fsp3) is 0.520. The maximum atomic E-state index is 13.6. The molecule has 1 fully saturated rings. The highest BCUT2D eigenvalue weighted by Crippen LogP contribution is 2.48. The number of aliphatic hydroxyl groups excluding tert-OH is 1. The van der Waals surface area contributed by atoms with Gasteiger partial charge in [0.1, 0.15) is 5.60 Å². The molecule has 0 saturated heterocycles. The van der Waals surface area contributed by atoms with Crippen LogP contribution in [0.5, 0.6) is 5.88 Å². The number of alkyl halides is 3. The van der Waals surface area contributed by atoms with Crippen molar-refractivity contribution in [2.45, 2.75) is 75.4 Å². The Morgan fingerprint density at radius 2 is 1.97 bits per heavy atom. The molecule has 0 radical (unpaired) electrons. The van der Waals surface area contributed by atoms with Crippen molar-refractivity contribution in [2.75, 3.05) is 6.54 Å². The lowest BCUT2D eigenvalue weighted by molar-refractivity contribution is -0.127. The van der Waals surface area contributed by atoms with E-state index in [0.29, 0.717) is 17.5 Å². The van der Waals surface area contributed by atoms with Gasteiger partial charge in [-0.3, -0.25) is 4.79 Å². The lowest BCUT2D eigenvalue weighted by Crippen LogP contribution is -2.52. The molecule has 4 rings (SSSR count). The van der Waals surface area contributed by atoms with E-state index in [9.17, 15) is 31.9 Å². The van der Waals surface area contributed by atoms with Crippen LogP contribution in [0.15, 0.2) is 30.5 Å². The number of benzene rings is 1. The summed E-state index contributed by atoms with van der Waals surface area (Å²) >= 11 is 0. The summed E-state index contributed by atoms with van der Waals surface area (Å²) in [6.45, 7) is 1.26. The van der Waals surface area contributed by atoms with Crippen molar-refractivity contribution >= 4 is 5.91 Å². The van der Waals surface area contributed by atoms with E-state index >= 15 is 0 Å². The van der Waals surface area contributed by atoms with Gasteiger partial charge in [-0.2, -0.15) is 13.2 Å². The van der Waals surface area contributed by atoms with Crippen LogP contribution in [0, 0.1) is 11.6 Å². The highest BCUT2D eigenvalue weighted by molar-refractivity contribution is 5.73. The Kier molecular flexibility index (Phi) is 7.51. The quantitative estimate of drug-likeness (QED) is 0.467. The molecule has 3 atom stereocenters. The summed E-state index contributed by atoms with van der Waals surface area (Å²) in [5, 5.41) is 16.7. The van der Waals surface area contributed by atoms with Gasteiger partial charge in [0.15, 0.2) is 11.6 Å². The summed E-state index contributed by atoms with van der Waals surface area (Å²) in [4.78, 5) is 15.9. The number of carbonyl (C=O) groups is 1. The SMILES string of the molecule is CC(=O)N[C@@H](Cc1ccc(F)c(F)c1)[C@@H](O)CN[C@H]1CC2(CCC2)Oc2ncc(CC(F)(F)F)cc21. The first-order chi connectivity index (χ1) is 16.9. The fourth-order valence-electron chi connectivity index (χ4n) is 4.84. The molecule has 0 unspecified atom stereocenters. The van der Waals surface area contributed by atoms with Gasteiger partial charge in [0.2, 0.25) is 11.8 Å². The van der Waals surface area contributed by atoms with Gasteiger partial charge >= 0.3 is 6.18 Å². The van der Waals surface area contributed by atoms with Crippen LogP contribution >= 0.6 is 0 Å². The molecule has 2 aliphatic rings. The largest absolute Gasteiger partial charge is 0.471 e. The van der Waals surface area contributed by atoms with E-state index in [2.05, 4.69) is 15.6 Å². The van der Waals surface area contributed by atoms with Crippen LogP contribution in [-0.2, 0) is 17.6 Å². The predicted octanol–water partition coefficient (Wildman–Crippen LogP) is 3.91. The van der Waals surface area contributed by atoms with Crippen LogP contribution in [0.3, 0.4) is 0 Å². The average molecular weight is 514 g/mol. The van der Waals surface area contributed by atoms with Gasteiger partial charge in [-0.05, 0) is 55.0 Å². The van der Waals surface area contributed by atoms with E-state index in [1.807, 2.05) is 0 Å². The molecule has 36 heavy (non-hydrogen) atoms. The van der Waals surface area contributed by atoms with E-state index in [0.717, 1.165) is 31.4 Å². The molecule has 1 amide bonds. The van der Waals surface area contributed by atoms with Crippen LogP contribution in [0.4, 0.5) is 22.0 Å². The van der Waals surface area contributed by atoms with Gasteiger partial charge in [-0.25, -0.2) is 13.8 Å². The Labute approximate surface area is 205 Å². The first-order valence-electron chi connectivity index (χ1n) is 11.8. The summed E-state index contributed by atoms with van der Waals surface area (Å²) in [6, 6.07) is 3.54. The summed E-state index contributed by atoms with van der Waals surface area (Å²) < 4.78 is 71.8. The Balaban J connectivity index is 1.50. The lowest BCUT2D eigenvalue weighted by atomic mass is 9.73. The molecule has 6 nitrogen and oxygen atoms in total. The van der Waals surface area contributed by atoms with Crippen LogP contribution < -0.4 is 15.4 Å². The first-order valence-corrected chi connectivity index (χ1v) is 11.8. The molecule has 1 aliphatic carbocycles. The van der Waals surface area contributed by atoms with E-state index in [1.165, 1.54) is 25.3 Å². The van der Waals surface area contributed by atoms with Crippen LogP contribution in [0.2, 0.25) is 0 Å². The molecule has 1 aromatic carbocycles. The van der Waals surface area contributed by atoms with Crippen LogP contribution in [0.1, 0.15) is 55.3 Å². The van der Waals surface area contributed by atoms with Crippen molar-refractivity contribution in [3.05, 3.63) is 58.8 Å². The predicted molar refractivity (Wildman–Crippen MR) is 120 cm³/mol. The molecule has 2 aromatic rings. The minimum atomic E-state index is -4.38. The zero-order chi connectivity index (χ0) is 26.1. The highest BCUT2D eigenvalue weighted by atomic mass is 19.4. The molecule has 11 heteroatoms. The number of ether oxygens (including phenoxy) is 1. The van der Waals surface area contributed by atoms with E-state index in [-0.39, 0.29) is 24.4 Å². The van der Waals surface area contributed by atoms with Crippen molar-refractivity contribution in [2.24, 2.45) is 0 Å². The number of halogens is 5. The van der Waals surface area contributed by atoms with E-state index in [4.69, 9.17) is 4.74 Å². The third kappa shape index (κ3) is 6.31. The van der Waals surface area contributed by atoms with Crippen molar-refractivity contribution in [3.63, 3.8) is 0 Å². The zero-order valence-electron chi connectivity index (χ0n) is 19.7. The molecular formula is C25H28F5N3O3. The number of aliphatic hydroxyl groups is 1. The van der Waals surface area contributed by atoms with E-state index < -0.39 is 53.9 Å². The second-order valence-electron chi connectivity index (χ2n) is 9.66. The number of pyridine rings is 1. The van der Waals surface area contributed by atoms with Gasteiger partial charge in [-0.1, -0.05) is 6.07 Å². The number of nitrogens with one attached hydrogen (secondary N) is 2. The maximum Gasteiger partial charge on any atom is 0.393 e. The minimum Gasteiger partial charge on any atom is -0.471 e. The average Bonchev–Trinajstić information content (AvgIpc) is 2.76. The van der Waals surface area contributed by atoms with E-state index in [1.54, 1.807) is 0 Å². The third-order valence-corrected chi connectivity index (χ3v) is 6.74. The summed E-state index contributed by atoms with van der Waals surface area (Å²) in [5.41, 5.74) is 0.434. The number of amides is 1. The molecule has 196 valence electrons. The molecule has 1 spiro atoms. The number of aromatic nitrogens is 1. The van der Waals surface area contributed by atoms with Crippen LogP contribution in [-0.4, -0.2) is 46.5 Å². The molecular weight excluding hydrogens is 485 g/mol.